The SMILES string of the molecule is CCC(C)N1C[C@@H](C)O[C@@H](c2cnn(C3CC3)c2)C1. The summed E-state index contributed by atoms with van der Waals surface area (Å²) in [6, 6.07) is 1.28. The van der Waals surface area contributed by atoms with Gasteiger partial charge in [-0.2, -0.15) is 5.10 Å². The zero-order chi connectivity index (χ0) is 13.4. The fourth-order valence-electron chi connectivity index (χ4n) is 2.84. The van der Waals surface area contributed by atoms with Crippen LogP contribution in [-0.4, -0.2) is 39.9 Å². The van der Waals surface area contributed by atoms with Crippen molar-refractivity contribution in [2.75, 3.05) is 13.1 Å². The Bertz CT molecular complexity index is 427. The van der Waals surface area contributed by atoms with E-state index in [0.29, 0.717) is 18.2 Å². The molecule has 0 aromatic carbocycles. The smallest absolute Gasteiger partial charge is 0.0986 e. The summed E-state index contributed by atoms with van der Waals surface area (Å²) in [5.74, 6) is 0. The highest BCUT2D eigenvalue weighted by Gasteiger charge is 2.31. The summed E-state index contributed by atoms with van der Waals surface area (Å²) in [6.45, 7) is 8.78. The van der Waals surface area contributed by atoms with Crippen molar-refractivity contribution in [1.82, 2.24) is 14.7 Å². The molecule has 0 N–H and O–H groups in total. The first-order valence-corrected chi connectivity index (χ1v) is 7.61. The molecule has 2 aliphatic rings. The Labute approximate surface area is 115 Å². The third kappa shape index (κ3) is 2.84. The van der Waals surface area contributed by atoms with Crippen LogP contribution >= 0.6 is 0 Å². The maximum Gasteiger partial charge on any atom is 0.0986 e. The average Bonchev–Trinajstić information content (AvgIpc) is 3.14. The monoisotopic (exact) mass is 263 g/mol. The summed E-state index contributed by atoms with van der Waals surface area (Å²) in [6.07, 6.45) is 8.43. The summed E-state index contributed by atoms with van der Waals surface area (Å²) in [4.78, 5) is 2.55. The van der Waals surface area contributed by atoms with E-state index in [9.17, 15) is 0 Å². The molecule has 4 nitrogen and oxygen atoms in total. The van der Waals surface area contributed by atoms with Crippen LogP contribution in [0.3, 0.4) is 0 Å². The number of ether oxygens (including phenoxy) is 1. The van der Waals surface area contributed by atoms with Crippen LogP contribution in [0, 0.1) is 0 Å². The van der Waals surface area contributed by atoms with Gasteiger partial charge in [-0.25, -0.2) is 0 Å². The van der Waals surface area contributed by atoms with Crippen molar-refractivity contribution in [3.05, 3.63) is 18.0 Å². The third-order valence-electron chi connectivity index (χ3n) is 4.42. The van der Waals surface area contributed by atoms with Crippen LogP contribution in [0.4, 0.5) is 0 Å². The number of hydrogen-bond acceptors (Lipinski definition) is 3. The Morgan fingerprint density at radius 2 is 2.21 bits per heavy atom. The zero-order valence-corrected chi connectivity index (χ0v) is 12.2. The molecule has 3 rings (SSSR count). The zero-order valence-electron chi connectivity index (χ0n) is 12.2. The van der Waals surface area contributed by atoms with E-state index in [1.807, 2.05) is 6.20 Å². The summed E-state index contributed by atoms with van der Waals surface area (Å²) in [5, 5.41) is 4.49. The molecule has 1 unspecified atom stereocenters. The van der Waals surface area contributed by atoms with Crippen molar-refractivity contribution in [2.24, 2.45) is 0 Å². The van der Waals surface area contributed by atoms with Crippen molar-refractivity contribution in [2.45, 2.75) is 64.3 Å². The fraction of sp³-hybridized carbons (Fsp3) is 0.800. The lowest BCUT2D eigenvalue weighted by atomic mass is 10.1. The molecular weight excluding hydrogens is 238 g/mol. The minimum Gasteiger partial charge on any atom is -0.368 e. The van der Waals surface area contributed by atoms with Crippen LogP contribution in [0.25, 0.3) is 0 Å². The predicted octanol–water partition coefficient (Wildman–Crippen LogP) is 2.78. The number of nitrogens with zero attached hydrogens (tertiary/aromatic N) is 3. The van der Waals surface area contributed by atoms with Gasteiger partial charge >= 0.3 is 0 Å². The molecule has 106 valence electrons. The van der Waals surface area contributed by atoms with Crippen LogP contribution in [0.15, 0.2) is 12.4 Å². The van der Waals surface area contributed by atoms with Crippen LogP contribution in [0.5, 0.6) is 0 Å². The molecule has 2 heterocycles. The number of rotatable bonds is 4. The Kier molecular flexibility index (Phi) is 3.63. The minimum absolute atomic E-state index is 0.185. The molecule has 0 spiro atoms. The van der Waals surface area contributed by atoms with Crippen LogP contribution < -0.4 is 0 Å². The molecule has 19 heavy (non-hydrogen) atoms. The second-order valence-corrected chi connectivity index (χ2v) is 6.13. The second kappa shape index (κ2) is 5.25. The Balaban J connectivity index is 1.71. The van der Waals surface area contributed by atoms with E-state index in [-0.39, 0.29) is 6.10 Å². The summed E-state index contributed by atoms with van der Waals surface area (Å²) < 4.78 is 8.23. The highest BCUT2D eigenvalue weighted by molar-refractivity contribution is 5.11. The lowest BCUT2D eigenvalue weighted by Gasteiger charge is -2.39. The molecule has 3 atom stereocenters. The molecule has 2 fully saturated rings. The van der Waals surface area contributed by atoms with Gasteiger partial charge in [0, 0.05) is 30.9 Å². The summed E-state index contributed by atoms with van der Waals surface area (Å²) in [5.41, 5.74) is 1.24. The van der Waals surface area contributed by atoms with Gasteiger partial charge in [0.25, 0.3) is 0 Å². The lowest BCUT2D eigenvalue weighted by Crippen LogP contribution is -2.46. The van der Waals surface area contributed by atoms with Crippen LogP contribution in [0.2, 0.25) is 0 Å². The van der Waals surface area contributed by atoms with Crippen molar-refractivity contribution in [1.29, 1.82) is 0 Å². The van der Waals surface area contributed by atoms with E-state index in [2.05, 4.69) is 41.6 Å². The number of hydrogen-bond donors (Lipinski definition) is 0. The number of aromatic nitrogens is 2. The molecule has 1 aliphatic heterocycles. The van der Waals surface area contributed by atoms with Gasteiger partial charge < -0.3 is 4.74 Å². The van der Waals surface area contributed by atoms with E-state index in [1.54, 1.807) is 0 Å². The molecule has 1 saturated heterocycles. The van der Waals surface area contributed by atoms with Gasteiger partial charge in [-0.1, -0.05) is 6.92 Å². The molecule has 1 aliphatic carbocycles. The van der Waals surface area contributed by atoms with E-state index in [0.717, 1.165) is 13.1 Å². The van der Waals surface area contributed by atoms with Gasteiger partial charge in [0.05, 0.1) is 24.4 Å². The summed E-state index contributed by atoms with van der Waals surface area (Å²) >= 11 is 0. The average molecular weight is 263 g/mol. The molecular formula is C15H25N3O. The largest absolute Gasteiger partial charge is 0.368 e. The Morgan fingerprint density at radius 3 is 2.89 bits per heavy atom. The minimum atomic E-state index is 0.185. The van der Waals surface area contributed by atoms with E-state index >= 15 is 0 Å². The molecule has 0 radical (unpaired) electrons. The molecule has 4 heteroatoms. The highest BCUT2D eigenvalue weighted by atomic mass is 16.5. The normalized spacial score (nSPS) is 30.5. The van der Waals surface area contributed by atoms with Gasteiger partial charge in [0.15, 0.2) is 0 Å². The van der Waals surface area contributed by atoms with Gasteiger partial charge in [0.1, 0.15) is 0 Å². The Morgan fingerprint density at radius 1 is 1.42 bits per heavy atom. The standard InChI is InChI=1S/C15H25N3O/c1-4-11(2)17-8-12(3)19-15(10-17)13-7-16-18(9-13)14-5-6-14/h7,9,11-12,14-15H,4-6,8,10H2,1-3H3/t11?,12-,15-/m1/s1. The van der Waals surface area contributed by atoms with Crippen molar-refractivity contribution < 1.29 is 4.74 Å². The Hall–Kier alpha value is -0.870. The first-order valence-electron chi connectivity index (χ1n) is 7.61. The van der Waals surface area contributed by atoms with Crippen LogP contribution in [0.1, 0.15) is 57.7 Å². The topological polar surface area (TPSA) is 30.3 Å². The van der Waals surface area contributed by atoms with E-state index in [1.165, 1.54) is 24.8 Å². The molecule has 1 aromatic rings. The molecule has 1 aromatic heterocycles. The van der Waals surface area contributed by atoms with E-state index < -0.39 is 0 Å². The molecule has 0 amide bonds. The number of morpholine rings is 1. The van der Waals surface area contributed by atoms with Crippen molar-refractivity contribution in [3.63, 3.8) is 0 Å². The fourth-order valence-corrected chi connectivity index (χ4v) is 2.84. The quantitative estimate of drug-likeness (QED) is 0.837. The first-order chi connectivity index (χ1) is 9.17. The summed E-state index contributed by atoms with van der Waals surface area (Å²) in [7, 11) is 0. The maximum atomic E-state index is 6.12. The van der Waals surface area contributed by atoms with E-state index in [4.69, 9.17) is 4.74 Å². The molecule has 1 saturated carbocycles. The lowest BCUT2D eigenvalue weighted by molar-refractivity contribution is -0.0892. The third-order valence-corrected chi connectivity index (χ3v) is 4.42. The predicted molar refractivity (Wildman–Crippen MR) is 75.1 cm³/mol. The van der Waals surface area contributed by atoms with Gasteiger partial charge in [0.2, 0.25) is 0 Å². The van der Waals surface area contributed by atoms with Crippen LogP contribution in [-0.2, 0) is 4.74 Å². The van der Waals surface area contributed by atoms with Gasteiger partial charge in [-0.05, 0) is 33.1 Å². The molecule has 0 bridgehead atoms. The van der Waals surface area contributed by atoms with Gasteiger partial charge in [-0.15, -0.1) is 0 Å². The highest BCUT2D eigenvalue weighted by Crippen LogP contribution is 2.35. The van der Waals surface area contributed by atoms with Crippen molar-refractivity contribution >= 4 is 0 Å². The van der Waals surface area contributed by atoms with Crippen molar-refractivity contribution in [3.8, 4) is 0 Å². The maximum absolute atomic E-state index is 6.12. The first kappa shape index (κ1) is 13.1. The van der Waals surface area contributed by atoms with Gasteiger partial charge in [-0.3, -0.25) is 9.58 Å². The second-order valence-electron chi connectivity index (χ2n) is 6.13.